The Bertz CT molecular complexity index is 612. The number of methoxy groups -OCH3 is 1. The molecule has 2 rings (SSSR count). The molecule has 0 aliphatic heterocycles. The zero-order valence-electron chi connectivity index (χ0n) is 13.1. The van der Waals surface area contributed by atoms with E-state index >= 15 is 0 Å². The maximum absolute atomic E-state index is 12.0. The minimum absolute atomic E-state index is 0.264. The smallest absolute Gasteiger partial charge is 0.338 e. The number of aromatic nitrogens is 1. The minimum Gasteiger partial charge on any atom is -0.462 e. The van der Waals surface area contributed by atoms with Crippen molar-refractivity contribution in [1.29, 1.82) is 0 Å². The molecule has 0 amide bonds. The number of hydrogen-bond donors (Lipinski definition) is 1. The topological polar surface area (TPSA) is 60.5 Å². The molecule has 1 aromatic heterocycles. The van der Waals surface area contributed by atoms with Gasteiger partial charge in [-0.1, -0.05) is 31.1 Å². The number of nitrogens with one attached hydrogen (secondary N) is 1. The minimum atomic E-state index is -0.264. The van der Waals surface area contributed by atoms with Crippen LogP contribution in [0.15, 0.2) is 18.2 Å². The Morgan fingerprint density at radius 3 is 2.95 bits per heavy atom. The zero-order valence-corrected chi connectivity index (χ0v) is 13.9. The fourth-order valence-corrected chi connectivity index (χ4v) is 2.92. The van der Waals surface area contributed by atoms with Gasteiger partial charge in [0, 0.05) is 13.7 Å². The van der Waals surface area contributed by atoms with Gasteiger partial charge in [0.2, 0.25) is 0 Å². The van der Waals surface area contributed by atoms with Crippen LogP contribution in [0, 0.1) is 0 Å². The fraction of sp³-hybridized carbons (Fsp3) is 0.500. The molecular weight excluding hydrogens is 300 g/mol. The molecule has 22 heavy (non-hydrogen) atoms. The summed E-state index contributed by atoms with van der Waals surface area (Å²) in [4.78, 5) is 16.5. The summed E-state index contributed by atoms with van der Waals surface area (Å²) in [7, 11) is 1.67. The highest BCUT2D eigenvalue weighted by Crippen LogP contribution is 2.26. The number of unbranched alkanes of at least 4 members (excludes halogenated alkanes) is 2. The predicted molar refractivity (Wildman–Crippen MR) is 89.8 cm³/mol. The van der Waals surface area contributed by atoms with Gasteiger partial charge in [0.15, 0.2) is 5.13 Å². The van der Waals surface area contributed by atoms with E-state index in [1.54, 1.807) is 13.2 Å². The van der Waals surface area contributed by atoms with Crippen molar-refractivity contribution in [1.82, 2.24) is 4.98 Å². The van der Waals surface area contributed by atoms with E-state index < -0.39 is 0 Å². The monoisotopic (exact) mass is 322 g/mol. The summed E-state index contributed by atoms with van der Waals surface area (Å²) in [5.74, 6) is -0.264. The van der Waals surface area contributed by atoms with Crippen LogP contribution in [-0.4, -0.2) is 37.8 Å². The van der Waals surface area contributed by atoms with Crippen LogP contribution in [0.2, 0.25) is 0 Å². The van der Waals surface area contributed by atoms with Gasteiger partial charge < -0.3 is 14.8 Å². The van der Waals surface area contributed by atoms with Crippen molar-refractivity contribution in [2.24, 2.45) is 0 Å². The lowest BCUT2D eigenvalue weighted by Crippen LogP contribution is -2.06. The Kier molecular flexibility index (Phi) is 6.61. The molecule has 0 atom stereocenters. The first-order valence-corrected chi connectivity index (χ1v) is 8.36. The Morgan fingerprint density at radius 1 is 1.32 bits per heavy atom. The highest BCUT2D eigenvalue weighted by Gasteiger charge is 2.10. The fourth-order valence-electron chi connectivity index (χ4n) is 1.99. The van der Waals surface area contributed by atoms with E-state index in [2.05, 4.69) is 17.2 Å². The van der Waals surface area contributed by atoms with Gasteiger partial charge >= 0.3 is 5.97 Å². The third kappa shape index (κ3) is 4.68. The van der Waals surface area contributed by atoms with Crippen LogP contribution >= 0.6 is 11.3 Å². The van der Waals surface area contributed by atoms with Gasteiger partial charge in [-0.05, 0) is 24.6 Å². The van der Waals surface area contributed by atoms with E-state index in [4.69, 9.17) is 9.47 Å². The van der Waals surface area contributed by atoms with Crippen molar-refractivity contribution >= 4 is 32.7 Å². The van der Waals surface area contributed by atoms with Gasteiger partial charge in [0.1, 0.15) is 0 Å². The molecule has 0 saturated carbocycles. The average Bonchev–Trinajstić information content (AvgIpc) is 2.93. The van der Waals surface area contributed by atoms with Crippen molar-refractivity contribution in [3.8, 4) is 0 Å². The van der Waals surface area contributed by atoms with Crippen LogP contribution in [0.25, 0.3) is 10.2 Å². The standard InChI is InChI=1S/C16H22N2O3S/c1-3-4-5-9-21-15(19)12-6-7-13-14(11-12)22-16(18-13)17-8-10-20-2/h6-7,11H,3-5,8-10H2,1-2H3,(H,17,18). The SMILES string of the molecule is CCCCCOC(=O)c1ccc2nc(NCCOC)sc2c1. The molecule has 1 N–H and O–H groups in total. The lowest BCUT2D eigenvalue weighted by atomic mass is 10.2. The number of anilines is 1. The number of rotatable bonds is 9. The Morgan fingerprint density at radius 2 is 2.18 bits per heavy atom. The number of carbonyl (C=O) groups excluding carboxylic acids is 1. The lowest BCUT2D eigenvalue weighted by Gasteiger charge is -2.03. The average molecular weight is 322 g/mol. The van der Waals surface area contributed by atoms with Crippen LogP contribution in [-0.2, 0) is 9.47 Å². The van der Waals surface area contributed by atoms with Crippen LogP contribution in [0.4, 0.5) is 5.13 Å². The Labute approximate surface area is 134 Å². The normalized spacial score (nSPS) is 10.8. The molecule has 0 fully saturated rings. The summed E-state index contributed by atoms with van der Waals surface area (Å²) in [6, 6.07) is 5.47. The molecule has 6 heteroatoms. The van der Waals surface area contributed by atoms with Crippen LogP contribution < -0.4 is 5.32 Å². The number of hydrogen-bond acceptors (Lipinski definition) is 6. The number of fused-ring (bicyclic) bond motifs is 1. The molecule has 5 nitrogen and oxygen atoms in total. The van der Waals surface area contributed by atoms with Gasteiger partial charge in [-0.3, -0.25) is 0 Å². The van der Waals surface area contributed by atoms with E-state index in [1.807, 2.05) is 12.1 Å². The van der Waals surface area contributed by atoms with Crippen LogP contribution in [0.1, 0.15) is 36.5 Å². The summed E-state index contributed by atoms with van der Waals surface area (Å²) < 4.78 is 11.2. The van der Waals surface area contributed by atoms with E-state index in [0.717, 1.165) is 34.6 Å². The molecule has 0 saturated heterocycles. The first-order chi connectivity index (χ1) is 10.7. The largest absolute Gasteiger partial charge is 0.462 e. The second-order valence-corrected chi connectivity index (χ2v) is 5.99. The van der Waals surface area contributed by atoms with Crippen molar-refractivity contribution in [3.63, 3.8) is 0 Å². The van der Waals surface area contributed by atoms with Gasteiger partial charge in [-0.25, -0.2) is 9.78 Å². The summed E-state index contributed by atoms with van der Waals surface area (Å²) in [5, 5.41) is 4.03. The van der Waals surface area contributed by atoms with Crippen molar-refractivity contribution in [2.75, 3.05) is 32.2 Å². The summed E-state index contributed by atoms with van der Waals surface area (Å²) >= 11 is 1.53. The summed E-state index contributed by atoms with van der Waals surface area (Å²) in [6.07, 6.45) is 3.11. The molecular formula is C16H22N2O3S. The third-order valence-electron chi connectivity index (χ3n) is 3.19. The van der Waals surface area contributed by atoms with E-state index in [1.165, 1.54) is 11.3 Å². The molecule has 1 heterocycles. The maximum atomic E-state index is 12.0. The molecule has 0 spiro atoms. The predicted octanol–water partition coefficient (Wildman–Crippen LogP) is 3.70. The van der Waals surface area contributed by atoms with E-state index in [0.29, 0.717) is 25.3 Å². The second-order valence-electron chi connectivity index (χ2n) is 4.96. The third-order valence-corrected chi connectivity index (χ3v) is 4.16. The maximum Gasteiger partial charge on any atom is 0.338 e. The van der Waals surface area contributed by atoms with Crippen LogP contribution in [0.5, 0.6) is 0 Å². The second kappa shape index (κ2) is 8.70. The zero-order chi connectivity index (χ0) is 15.8. The lowest BCUT2D eigenvalue weighted by molar-refractivity contribution is 0.0498. The van der Waals surface area contributed by atoms with E-state index in [9.17, 15) is 4.79 Å². The summed E-state index contributed by atoms with van der Waals surface area (Å²) in [6.45, 7) is 3.95. The molecule has 0 bridgehead atoms. The number of carbonyl (C=O) groups is 1. The molecule has 120 valence electrons. The van der Waals surface area contributed by atoms with Gasteiger partial charge in [0.05, 0.1) is 29.0 Å². The molecule has 1 aromatic carbocycles. The number of esters is 1. The molecule has 0 radical (unpaired) electrons. The summed E-state index contributed by atoms with van der Waals surface area (Å²) in [5.41, 5.74) is 1.46. The number of benzene rings is 1. The first kappa shape index (κ1) is 16.7. The van der Waals surface area contributed by atoms with Gasteiger partial charge in [-0.15, -0.1) is 0 Å². The number of ether oxygens (including phenoxy) is 2. The first-order valence-electron chi connectivity index (χ1n) is 7.55. The number of nitrogens with zero attached hydrogens (tertiary/aromatic N) is 1. The molecule has 0 aliphatic carbocycles. The quantitative estimate of drug-likeness (QED) is 0.563. The van der Waals surface area contributed by atoms with Crippen molar-refractivity contribution < 1.29 is 14.3 Å². The highest BCUT2D eigenvalue weighted by molar-refractivity contribution is 7.22. The highest BCUT2D eigenvalue weighted by atomic mass is 32.1. The van der Waals surface area contributed by atoms with Gasteiger partial charge in [-0.2, -0.15) is 0 Å². The van der Waals surface area contributed by atoms with Crippen molar-refractivity contribution in [3.05, 3.63) is 23.8 Å². The molecule has 0 unspecified atom stereocenters. The Hall–Kier alpha value is -1.66. The molecule has 0 aliphatic rings. The van der Waals surface area contributed by atoms with Crippen LogP contribution in [0.3, 0.4) is 0 Å². The van der Waals surface area contributed by atoms with E-state index in [-0.39, 0.29) is 5.97 Å². The van der Waals surface area contributed by atoms with Gasteiger partial charge in [0.25, 0.3) is 0 Å². The van der Waals surface area contributed by atoms with Crippen molar-refractivity contribution in [2.45, 2.75) is 26.2 Å². The Balaban J connectivity index is 1.98. The molecule has 2 aromatic rings. The number of thiazole rings is 1.